The number of hydrogen-bond donors (Lipinski definition) is 1. The van der Waals surface area contributed by atoms with E-state index in [1.165, 1.54) is 22.9 Å². The fourth-order valence-corrected chi connectivity index (χ4v) is 4.45. The van der Waals surface area contributed by atoms with Crippen LogP contribution in [0.3, 0.4) is 0 Å². The Balaban J connectivity index is 2.12. The number of nitrogens with one attached hydrogen (secondary N) is 1. The van der Waals surface area contributed by atoms with E-state index in [0.717, 1.165) is 0 Å². The van der Waals surface area contributed by atoms with Crippen LogP contribution in [0, 0.1) is 6.92 Å². The number of halogens is 2. The second-order valence-corrected chi connectivity index (χ2v) is 8.03. The van der Waals surface area contributed by atoms with Crippen LogP contribution in [-0.4, -0.2) is 17.8 Å². The van der Waals surface area contributed by atoms with Gasteiger partial charge in [-0.15, -0.1) is 0 Å². The molecule has 0 bridgehead atoms. The molecular weight excluding hydrogens is 397 g/mol. The minimum Gasteiger partial charge on any atom is -0.283 e. The molecule has 9 heteroatoms. The van der Waals surface area contributed by atoms with Crippen molar-refractivity contribution in [2.75, 3.05) is 4.72 Å². The Morgan fingerprint density at radius 2 is 1.65 bits per heavy atom. The quantitative estimate of drug-likeness (QED) is 0.712. The molecule has 1 N–H and O–H groups in total. The van der Waals surface area contributed by atoms with Gasteiger partial charge >= 0.3 is 0 Å². The maximum Gasteiger partial charge on any atom is 0.296 e. The fraction of sp³-hybridized carbons (Fsp3) is 0.118. The van der Waals surface area contributed by atoms with Gasteiger partial charge in [-0.05, 0) is 31.2 Å². The zero-order chi connectivity index (χ0) is 19.1. The van der Waals surface area contributed by atoms with Crippen LogP contribution in [0.1, 0.15) is 5.69 Å². The summed E-state index contributed by atoms with van der Waals surface area (Å²) in [6, 6.07) is 13.2. The van der Waals surface area contributed by atoms with Crippen molar-refractivity contribution in [2.24, 2.45) is 7.05 Å². The highest BCUT2D eigenvalue weighted by atomic mass is 35.5. The van der Waals surface area contributed by atoms with Crippen LogP contribution in [0.4, 0.5) is 5.69 Å². The molecule has 0 aliphatic heterocycles. The van der Waals surface area contributed by atoms with E-state index >= 15 is 0 Å². The standard InChI is InChI=1S/C17H15Cl2N3O3S/c1-11-16(17(23)22(21(11)2)12-7-4-3-5-8-12)20-26(24,25)14-10-6-9-13(18)15(14)19/h3-10,20H,1-2H3. The van der Waals surface area contributed by atoms with Crippen molar-refractivity contribution in [3.8, 4) is 5.69 Å². The molecular formula is C17H15Cl2N3O3S. The van der Waals surface area contributed by atoms with Gasteiger partial charge in [0.15, 0.2) is 0 Å². The predicted octanol–water partition coefficient (Wildman–Crippen LogP) is 3.59. The first-order valence-electron chi connectivity index (χ1n) is 7.55. The van der Waals surface area contributed by atoms with Gasteiger partial charge in [0, 0.05) is 7.05 Å². The van der Waals surface area contributed by atoms with E-state index in [0.29, 0.717) is 11.4 Å². The van der Waals surface area contributed by atoms with Crippen molar-refractivity contribution < 1.29 is 8.42 Å². The predicted molar refractivity (Wildman–Crippen MR) is 103 cm³/mol. The van der Waals surface area contributed by atoms with E-state index in [4.69, 9.17) is 23.2 Å². The summed E-state index contributed by atoms with van der Waals surface area (Å²) in [6.45, 7) is 1.65. The summed E-state index contributed by atoms with van der Waals surface area (Å²) in [5, 5.41) is 0.0136. The molecule has 0 saturated heterocycles. The summed E-state index contributed by atoms with van der Waals surface area (Å²) in [7, 11) is -2.42. The molecule has 0 saturated carbocycles. The van der Waals surface area contributed by atoms with Gasteiger partial charge in [0.25, 0.3) is 15.6 Å². The number of nitrogens with zero attached hydrogens (tertiary/aromatic N) is 2. The van der Waals surface area contributed by atoms with Gasteiger partial charge in [0.1, 0.15) is 10.6 Å². The van der Waals surface area contributed by atoms with Gasteiger partial charge in [-0.1, -0.05) is 47.5 Å². The van der Waals surface area contributed by atoms with Gasteiger partial charge in [0.05, 0.1) is 21.4 Å². The third kappa shape index (κ3) is 3.13. The molecule has 26 heavy (non-hydrogen) atoms. The summed E-state index contributed by atoms with van der Waals surface area (Å²) in [4.78, 5) is 12.6. The highest BCUT2D eigenvalue weighted by Crippen LogP contribution is 2.30. The van der Waals surface area contributed by atoms with E-state index in [1.807, 2.05) is 6.07 Å². The van der Waals surface area contributed by atoms with Crippen LogP contribution in [0.5, 0.6) is 0 Å². The molecule has 1 aromatic heterocycles. The van der Waals surface area contributed by atoms with Crippen molar-refractivity contribution in [1.82, 2.24) is 9.36 Å². The Hall–Kier alpha value is -2.22. The van der Waals surface area contributed by atoms with Gasteiger partial charge in [-0.3, -0.25) is 14.2 Å². The van der Waals surface area contributed by atoms with Crippen LogP contribution in [0.2, 0.25) is 10.0 Å². The minimum absolute atomic E-state index is 0.0487. The summed E-state index contributed by atoms with van der Waals surface area (Å²) in [5.41, 5.74) is 0.542. The molecule has 3 aromatic rings. The number of hydrogen-bond acceptors (Lipinski definition) is 3. The van der Waals surface area contributed by atoms with Crippen LogP contribution >= 0.6 is 23.2 Å². The van der Waals surface area contributed by atoms with Crippen LogP contribution < -0.4 is 10.3 Å². The second kappa shape index (κ2) is 6.83. The Morgan fingerprint density at radius 1 is 1.00 bits per heavy atom. The molecule has 0 aliphatic rings. The molecule has 0 aliphatic carbocycles. The number of benzene rings is 2. The highest BCUT2D eigenvalue weighted by Gasteiger charge is 2.24. The van der Waals surface area contributed by atoms with Crippen molar-refractivity contribution in [1.29, 1.82) is 0 Å². The topological polar surface area (TPSA) is 73.1 Å². The molecule has 1 heterocycles. The van der Waals surface area contributed by atoms with Crippen LogP contribution in [-0.2, 0) is 17.1 Å². The smallest absolute Gasteiger partial charge is 0.283 e. The van der Waals surface area contributed by atoms with E-state index in [9.17, 15) is 13.2 Å². The Kier molecular flexibility index (Phi) is 4.88. The SMILES string of the molecule is Cc1c(NS(=O)(=O)c2cccc(Cl)c2Cl)c(=O)n(-c2ccccc2)n1C. The number of aromatic nitrogens is 2. The Labute approximate surface area is 160 Å². The maximum absolute atomic E-state index is 12.8. The van der Waals surface area contributed by atoms with Crippen molar-refractivity contribution in [2.45, 2.75) is 11.8 Å². The zero-order valence-electron chi connectivity index (χ0n) is 13.9. The number of sulfonamides is 1. The van der Waals surface area contributed by atoms with Crippen molar-refractivity contribution in [3.05, 3.63) is 74.6 Å². The first-order valence-corrected chi connectivity index (χ1v) is 9.79. The normalized spacial score (nSPS) is 11.5. The Bertz CT molecular complexity index is 1140. The lowest BCUT2D eigenvalue weighted by Gasteiger charge is -2.09. The third-order valence-corrected chi connectivity index (χ3v) is 6.32. The van der Waals surface area contributed by atoms with Gasteiger partial charge in [0.2, 0.25) is 0 Å². The highest BCUT2D eigenvalue weighted by molar-refractivity contribution is 7.92. The molecule has 0 unspecified atom stereocenters. The molecule has 0 fully saturated rings. The number of rotatable bonds is 4. The van der Waals surface area contributed by atoms with Crippen molar-refractivity contribution in [3.63, 3.8) is 0 Å². The first-order chi connectivity index (χ1) is 12.2. The van der Waals surface area contributed by atoms with E-state index in [2.05, 4.69) is 4.72 Å². The summed E-state index contributed by atoms with van der Waals surface area (Å²) >= 11 is 11.9. The van der Waals surface area contributed by atoms with E-state index in [-0.39, 0.29) is 20.6 Å². The molecule has 0 radical (unpaired) electrons. The minimum atomic E-state index is -4.09. The third-order valence-electron chi connectivity index (χ3n) is 4.00. The fourth-order valence-electron chi connectivity index (χ4n) is 2.57. The number of para-hydroxylation sites is 1. The second-order valence-electron chi connectivity index (χ2n) is 5.59. The summed E-state index contributed by atoms with van der Waals surface area (Å²) in [6.07, 6.45) is 0. The Morgan fingerprint density at radius 3 is 2.31 bits per heavy atom. The van der Waals surface area contributed by atoms with Gasteiger partial charge in [-0.25, -0.2) is 13.1 Å². The summed E-state index contributed by atoms with van der Waals surface area (Å²) < 4.78 is 30.8. The van der Waals surface area contributed by atoms with Gasteiger partial charge < -0.3 is 0 Å². The van der Waals surface area contributed by atoms with Crippen LogP contribution in [0.25, 0.3) is 5.69 Å². The molecule has 3 rings (SSSR count). The lowest BCUT2D eigenvalue weighted by atomic mass is 10.3. The van der Waals surface area contributed by atoms with Crippen molar-refractivity contribution >= 4 is 38.9 Å². The van der Waals surface area contributed by atoms with Gasteiger partial charge in [-0.2, -0.15) is 0 Å². The molecule has 136 valence electrons. The molecule has 0 atom stereocenters. The monoisotopic (exact) mass is 411 g/mol. The molecule has 2 aromatic carbocycles. The lowest BCUT2D eigenvalue weighted by Crippen LogP contribution is -2.23. The lowest BCUT2D eigenvalue weighted by molar-refractivity contribution is 0.601. The average molecular weight is 412 g/mol. The maximum atomic E-state index is 12.8. The zero-order valence-corrected chi connectivity index (χ0v) is 16.2. The molecule has 0 spiro atoms. The number of anilines is 1. The largest absolute Gasteiger partial charge is 0.296 e. The average Bonchev–Trinajstić information content (AvgIpc) is 2.81. The molecule has 0 amide bonds. The van der Waals surface area contributed by atoms with E-state index in [1.54, 1.807) is 42.9 Å². The van der Waals surface area contributed by atoms with E-state index < -0.39 is 15.6 Å². The summed E-state index contributed by atoms with van der Waals surface area (Å²) in [5.74, 6) is 0. The molecule has 6 nitrogen and oxygen atoms in total. The van der Waals surface area contributed by atoms with Crippen LogP contribution in [0.15, 0.2) is 58.2 Å². The first kappa shape index (κ1) is 18.6.